The molecule has 0 saturated carbocycles. The molecule has 0 atom stereocenters. The number of fused-ring (bicyclic) bond motifs is 3. The molecular weight excluding hydrogens is 330 g/mol. The van der Waals surface area contributed by atoms with Gasteiger partial charge in [0.05, 0.1) is 6.54 Å². The summed E-state index contributed by atoms with van der Waals surface area (Å²) in [5.74, 6) is 0.566. The molecule has 0 spiro atoms. The van der Waals surface area contributed by atoms with Crippen LogP contribution in [0.15, 0.2) is 63.8 Å². The molecule has 0 aliphatic rings. The van der Waals surface area contributed by atoms with Gasteiger partial charge >= 0.3 is 0 Å². The van der Waals surface area contributed by atoms with E-state index in [0.717, 1.165) is 11.1 Å². The van der Waals surface area contributed by atoms with E-state index in [4.69, 9.17) is 4.42 Å². The highest BCUT2D eigenvalue weighted by Gasteiger charge is 2.15. The van der Waals surface area contributed by atoms with Gasteiger partial charge in [0.25, 0.3) is 5.56 Å². The molecule has 0 radical (unpaired) electrons. The van der Waals surface area contributed by atoms with Gasteiger partial charge in [-0.1, -0.05) is 30.3 Å². The number of hydrogen-bond acceptors (Lipinski definition) is 5. The summed E-state index contributed by atoms with van der Waals surface area (Å²) in [6.07, 6.45) is 0.635. The SMILES string of the molecule is O=c1[nH]c(CN(CCCO)c2ccccc2)nc2c1oc1ccccc12. The number of benzene rings is 2. The van der Waals surface area contributed by atoms with Crippen LogP contribution in [0.3, 0.4) is 0 Å². The van der Waals surface area contributed by atoms with Crippen molar-refractivity contribution in [3.63, 3.8) is 0 Å². The van der Waals surface area contributed by atoms with Gasteiger partial charge in [0.1, 0.15) is 16.9 Å². The molecule has 132 valence electrons. The van der Waals surface area contributed by atoms with Crippen molar-refractivity contribution < 1.29 is 9.52 Å². The summed E-state index contributed by atoms with van der Waals surface area (Å²) in [5.41, 5.74) is 2.21. The van der Waals surface area contributed by atoms with Crippen LogP contribution in [-0.4, -0.2) is 28.2 Å². The molecule has 0 aliphatic heterocycles. The van der Waals surface area contributed by atoms with E-state index in [0.29, 0.717) is 36.4 Å². The second-order valence-electron chi connectivity index (χ2n) is 6.12. The summed E-state index contributed by atoms with van der Waals surface area (Å²) in [6, 6.07) is 17.4. The van der Waals surface area contributed by atoms with Gasteiger partial charge in [-0.3, -0.25) is 4.79 Å². The van der Waals surface area contributed by atoms with Crippen LogP contribution in [0.25, 0.3) is 22.1 Å². The Labute approximate surface area is 149 Å². The minimum absolute atomic E-state index is 0.110. The van der Waals surface area contributed by atoms with Gasteiger partial charge in [-0.2, -0.15) is 0 Å². The topological polar surface area (TPSA) is 82.4 Å². The third-order valence-corrected chi connectivity index (χ3v) is 4.33. The highest BCUT2D eigenvalue weighted by Crippen LogP contribution is 2.25. The Bertz CT molecular complexity index is 1090. The predicted molar refractivity (Wildman–Crippen MR) is 101 cm³/mol. The Balaban J connectivity index is 1.75. The number of para-hydroxylation sites is 2. The molecule has 2 heterocycles. The molecule has 0 amide bonds. The largest absolute Gasteiger partial charge is 0.449 e. The Kier molecular flexibility index (Phi) is 4.41. The molecule has 4 rings (SSSR count). The first-order chi connectivity index (χ1) is 12.8. The second kappa shape index (κ2) is 7.01. The van der Waals surface area contributed by atoms with Crippen molar-refractivity contribution in [2.75, 3.05) is 18.1 Å². The van der Waals surface area contributed by atoms with Crippen molar-refractivity contribution in [2.24, 2.45) is 0 Å². The van der Waals surface area contributed by atoms with Gasteiger partial charge in [-0.05, 0) is 30.7 Å². The van der Waals surface area contributed by atoms with Crippen LogP contribution in [0.4, 0.5) is 5.69 Å². The summed E-state index contributed by atoms with van der Waals surface area (Å²) in [7, 11) is 0. The van der Waals surface area contributed by atoms with Crippen molar-refractivity contribution in [2.45, 2.75) is 13.0 Å². The number of nitrogens with zero attached hydrogens (tertiary/aromatic N) is 2. The first-order valence-corrected chi connectivity index (χ1v) is 8.57. The zero-order valence-electron chi connectivity index (χ0n) is 14.2. The lowest BCUT2D eigenvalue weighted by Gasteiger charge is -2.24. The van der Waals surface area contributed by atoms with E-state index in [1.54, 1.807) is 0 Å². The van der Waals surface area contributed by atoms with Gasteiger partial charge in [0.15, 0.2) is 0 Å². The summed E-state index contributed by atoms with van der Waals surface area (Å²) in [6.45, 7) is 1.21. The fourth-order valence-electron chi connectivity index (χ4n) is 3.10. The zero-order chi connectivity index (χ0) is 17.9. The first-order valence-electron chi connectivity index (χ1n) is 8.57. The van der Waals surface area contributed by atoms with Crippen LogP contribution in [0.2, 0.25) is 0 Å². The number of aliphatic hydroxyl groups is 1. The smallest absolute Gasteiger partial charge is 0.294 e. The van der Waals surface area contributed by atoms with E-state index in [1.807, 2.05) is 54.6 Å². The number of H-pyrrole nitrogens is 1. The van der Waals surface area contributed by atoms with Crippen molar-refractivity contribution in [1.29, 1.82) is 0 Å². The molecule has 6 heteroatoms. The second-order valence-corrected chi connectivity index (χ2v) is 6.12. The van der Waals surface area contributed by atoms with E-state index in [1.165, 1.54) is 0 Å². The van der Waals surface area contributed by atoms with E-state index in [9.17, 15) is 9.90 Å². The summed E-state index contributed by atoms with van der Waals surface area (Å²) in [4.78, 5) is 22.0. The van der Waals surface area contributed by atoms with E-state index in [-0.39, 0.29) is 17.7 Å². The highest BCUT2D eigenvalue weighted by atomic mass is 16.3. The third-order valence-electron chi connectivity index (χ3n) is 4.33. The average molecular weight is 349 g/mol. The van der Waals surface area contributed by atoms with Crippen LogP contribution in [0.5, 0.6) is 0 Å². The molecule has 6 nitrogen and oxygen atoms in total. The minimum Gasteiger partial charge on any atom is -0.449 e. The summed E-state index contributed by atoms with van der Waals surface area (Å²) < 4.78 is 5.64. The quantitative estimate of drug-likeness (QED) is 0.559. The lowest BCUT2D eigenvalue weighted by atomic mass is 10.2. The van der Waals surface area contributed by atoms with Gasteiger partial charge in [-0.25, -0.2) is 4.98 Å². The molecule has 0 aliphatic carbocycles. The van der Waals surface area contributed by atoms with E-state index < -0.39 is 0 Å². The number of aromatic nitrogens is 2. The van der Waals surface area contributed by atoms with Gasteiger partial charge in [0.2, 0.25) is 5.58 Å². The number of anilines is 1. The normalized spacial score (nSPS) is 11.3. The molecule has 2 aromatic heterocycles. The molecule has 0 unspecified atom stereocenters. The first kappa shape index (κ1) is 16.4. The van der Waals surface area contributed by atoms with Crippen molar-refractivity contribution in [1.82, 2.24) is 9.97 Å². The van der Waals surface area contributed by atoms with Crippen LogP contribution >= 0.6 is 0 Å². The molecule has 26 heavy (non-hydrogen) atoms. The Hall–Kier alpha value is -3.12. The Morgan fingerprint density at radius 3 is 2.65 bits per heavy atom. The monoisotopic (exact) mass is 349 g/mol. The number of hydrogen-bond donors (Lipinski definition) is 2. The highest BCUT2D eigenvalue weighted by molar-refractivity contribution is 6.01. The van der Waals surface area contributed by atoms with Crippen LogP contribution in [-0.2, 0) is 6.54 Å². The third kappa shape index (κ3) is 3.07. The molecule has 0 bridgehead atoms. The number of rotatable bonds is 6. The number of aliphatic hydroxyl groups excluding tert-OH is 1. The summed E-state index contributed by atoms with van der Waals surface area (Å²) in [5, 5.41) is 10.0. The molecule has 2 N–H and O–H groups in total. The standard InChI is InChI=1S/C20H19N3O3/c24-12-6-11-23(14-7-2-1-3-8-14)13-17-21-18-15-9-4-5-10-16(15)26-19(18)20(25)22-17/h1-5,7-10,24H,6,11-13H2,(H,21,22,25). The maximum absolute atomic E-state index is 12.5. The maximum atomic E-state index is 12.5. The van der Waals surface area contributed by atoms with Crippen LogP contribution < -0.4 is 10.5 Å². The predicted octanol–water partition coefficient (Wildman–Crippen LogP) is 3.06. The fraction of sp³-hybridized carbons (Fsp3) is 0.200. The summed E-state index contributed by atoms with van der Waals surface area (Å²) >= 11 is 0. The maximum Gasteiger partial charge on any atom is 0.294 e. The van der Waals surface area contributed by atoms with Crippen LogP contribution in [0, 0.1) is 0 Å². The lowest BCUT2D eigenvalue weighted by Crippen LogP contribution is -2.27. The minimum atomic E-state index is -0.281. The van der Waals surface area contributed by atoms with E-state index in [2.05, 4.69) is 14.9 Å². The number of aromatic amines is 1. The molecule has 0 saturated heterocycles. The lowest BCUT2D eigenvalue weighted by molar-refractivity contribution is 0.289. The fourth-order valence-corrected chi connectivity index (χ4v) is 3.10. The number of nitrogens with one attached hydrogen (secondary N) is 1. The molecule has 4 aromatic rings. The molecule has 0 fully saturated rings. The van der Waals surface area contributed by atoms with Gasteiger partial charge < -0.3 is 19.4 Å². The zero-order valence-corrected chi connectivity index (χ0v) is 14.2. The van der Waals surface area contributed by atoms with Crippen molar-refractivity contribution in [3.8, 4) is 0 Å². The van der Waals surface area contributed by atoms with Crippen molar-refractivity contribution >= 4 is 27.8 Å². The Morgan fingerprint density at radius 1 is 1.08 bits per heavy atom. The van der Waals surface area contributed by atoms with Gasteiger partial charge in [-0.15, -0.1) is 0 Å². The van der Waals surface area contributed by atoms with Crippen LogP contribution in [0.1, 0.15) is 12.2 Å². The average Bonchev–Trinajstić information content (AvgIpc) is 3.05. The van der Waals surface area contributed by atoms with E-state index >= 15 is 0 Å². The number of furan rings is 1. The van der Waals surface area contributed by atoms with Gasteiger partial charge in [0, 0.05) is 24.2 Å². The molecule has 2 aromatic carbocycles. The Morgan fingerprint density at radius 2 is 1.85 bits per heavy atom. The van der Waals surface area contributed by atoms with Crippen molar-refractivity contribution in [3.05, 3.63) is 70.8 Å². The molecular formula is C20H19N3O3.